The van der Waals surface area contributed by atoms with Gasteiger partial charge in [0.1, 0.15) is 11.5 Å². The zero-order valence-corrected chi connectivity index (χ0v) is 9.32. The lowest BCUT2D eigenvalue weighted by Crippen LogP contribution is -2.40. The van der Waals surface area contributed by atoms with Gasteiger partial charge in [0.25, 0.3) is 5.91 Å². The van der Waals surface area contributed by atoms with Crippen molar-refractivity contribution in [3.8, 4) is 11.5 Å². The third-order valence-electron chi connectivity index (χ3n) is 1.88. The highest BCUT2D eigenvalue weighted by Gasteiger charge is 2.31. The number of carbonyl (C=O) groups excluding carboxylic acids is 1. The lowest BCUT2D eigenvalue weighted by Gasteiger charge is -2.13. The molecule has 3 N–H and O–H groups in total. The van der Waals surface area contributed by atoms with Crippen molar-refractivity contribution in [2.75, 3.05) is 0 Å². The van der Waals surface area contributed by atoms with Crippen molar-refractivity contribution in [1.82, 2.24) is 5.43 Å². The number of nitrogens with two attached hydrogens (primary N) is 1. The van der Waals surface area contributed by atoms with Crippen molar-refractivity contribution in [3.05, 3.63) is 24.3 Å². The molecule has 1 atom stereocenters. The molecule has 0 aliphatic heterocycles. The van der Waals surface area contributed by atoms with Crippen LogP contribution in [0.3, 0.4) is 0 Å². The van der Waals surface area contributed by atoms with Crippen LogP contribution in [0.25, 0.3) is 0 Å². The topological polar surface area (TPSA) is 73.6 Å². The van der Waals surface area contributed by atoms with Gasteiger partial charge in [-0.3, -0.25) is 10.2 Å². The number of hydrogen-bond donors (Lipinski definition) is 2. The fourth-order valence-electron chi connectivity index (χ4n) is 1.09. The average Bonchev–Trinajstić information content (AvgIpc) is 2.28. The molecule has 1 aromatic rings. The van der Waals surface area contributed by atoms with E-state index in [0.29, 0.717) is 0 Å². The van der Waals surface area contributed by atoms with Crippen molar-refractivity contribution in [2.45, 2.75) is 19.4 Å². The van der Waals surface area contributed by atoms with Crippen molar-refractivity contribution in [2.24, 2.45) is 5.84 Å². The van der Waals surface area contributed by atoms with Gasteiger partial charge in [-0.1, -0.05) is 0 Å². The van der Waals surface area contributed by atoms with Crippen LogP contribution < -0.4 is 20.7 Å². The smallest absolute Gasteiger partial charge is 0.481 e. The Morgan fingerprint density at radius 1 is 1.28 bits per heavy atom. The summed E-state index contributed by atoms with van der Waals surface area (Å²) >= 11 is 0. The van der Waals surface area contributed by atoms with Crippen LogP contribution in [0.1, 0.15) is 6.92 Å². The molecule has 0 aliphatic carbocycles. The summed E-state index contributed by atoms with van der Waals surface area (Å²) in [5, 5.41) is 0. The van der Waals surface area contributed by atoms with Crippen molar-refractivity contribution < 1.29 is 27.4 Å². The Bertz CT molecular complexity index is 406. The highest BCUT2D eigenvalue weighted by Crippen LogP contribution is 2.24. The second-order valence-corrected chi connectivity index (χ2v) is 3.29. The molecule has 5 nitrogen and oxygen atoms in total. The Balaban J connectivity index is 2.63. The molecular weight excluding hydrogens is 253 g/mol. The van der Waals surface area contributed by atoms with Crippen LogP contribution in [0.2, 0.25) is 0 Å². The van der Waals surface area contributed by atoms with Crippen molar-refractivity contribution >= 4 is 5.91 Å². The number of ether oxygens (including phenoxy) is 2. The molecule has 1 amide bonds. The first-order valence-corrected chi connectivity index (χ1v) is 4.85. The van der Waals surface area contributed by atoms with Gasteiger partial charge in [0.2, 0.25) is 0 Å². The highest BCUT2D eigenvalue weighted by molar-refractivity contribution is 5.80. The Labute approximate surface area is 101 Å². The summed E-state index contributed by atoms with van der Waals surface area (Å²) < 4.78 is 44.4. The van der Waals surface area contributed by atoms with E-state index in [1.165, 1.54) is 19.1 Å². The van der Waals surface area contributed by atoms with Crippen LogP contribution in [0.15, 0.2) is 24.3 Å². The normalized spacial score (nSPS) is 12.7. The van der Waals surface area contributed by atoms with E-state index in [1.54, 1.807) is 0 Å². The predicted molar refractivity (Wildman–Crippen MR) is 55.5 cm³/mol. The van der Waals surface area contributed by atoms with Gasteiger partial charge >= 0.3 is 6.36 Å². The zero-order valence-electron chi connectivity index (χ0n) is 9.32. The first kappa shape index (κ1) is 14.1. The lowest BCUT2D eigenvalue weighted by molar-refractivity contribution is -0.274. The Morgan fingerprint density at radius 2 is 1.78 bits per heavy atom. The number of alkyl halides is 3. The molecule has 0 aliphatic rings. The monoisotopic (exact) mass is 264 g/mol. The summed E-state index contributed by atoms with van der Waals surface area (Å²) in [5.41, 5.74) is 1.89. The van der Waals surface area contributed by atoms with E-state index in [2.05, 4.69) is 4.74 Å². The molecule has 0 fully saturated rings. The number of hydrazine groups is 1. The molecule has 0 radical (unpaired) electrons. The van der Waals surface area contributed by atoms with Crippen LogP contribution in [0.5, 0.6) is 11.5 Å². The van der Waals surface area contributed by atoms with Crippen LogP contribution in [-0.4, -0.2) is 18.4 Å². The van der Waals surface area contributed by atoms with E-state index in [-0.39, 0.29) is 11.5 Å². The fourth-order valence-corrected chi connectivity index (χ4v) is 1.09. The van der Waals surface area contributed by atoms with Crippen LogP contribution in [0, 0.1) is 0 Å². The SMILES string of the molecule is CC(Oc1ccc(OC(F)(F)F)cc1)C(=O)NN. The minimum atomic E-state index is -4.74. The summed E-state index contributed by atoms with van der Waals surface area (Å²) in [6.07, 6.45) is -5.60. The summed E-state index contributed by atoms with van der Waals surface area (Å²) in [5.74, 6) is 4.20. The summed E-state index contributed by atoms with van der Waals surface area (Å²) in [7, 11) is 0. The van der Waals surface area contributed by atoms with Crippen LogP contribution in [0.4, 0.5) is 13.2 Å². The Hall–Kier alpha value is -1.96. The maximum atomic E-state index is 11.9. The molecule has 0 heterocycles. The first-order chi connectivity index (χ1) is 8.31. The van der Waals surface area contributed by atoms with Gasteiger partial charge < -0.3 is 9.47 Å². The summed E-state index contributed by atoms with van der Waals surface area (Å²) in [6.45, 7) is 1.45. The third kappa shape index (κ3) is 4.50. The number of benzene rings is 1. The second kappa shape index (κ2) is 5.58. The maximum absolute atomic E-state index is 11.9. The van der Waals surface area contributed by atoms with Gasteiger partial charge in [-0.15, -0.1) is 13.2 Å². The molecule has 1 rings (SSSR count). The average molecular weight is 264 g/mol. The van der Waals surface area contributed by atoms with Crippen molar-refractivity contribution in [1.29, 1.82) is 0 Å². The zero-order chi connectivity index (χ0) is 13.8. The number of amides is 1. The number of halogens is 3. The van der Waals surface area contributed by atoms with Crippen LogP contribution in [-0.2, 0) is 4.79 Å². The van der Waals surface area contributed by atoms with Gasteiger partial charge in [0.05, 0.1) is 0 Å². The van der Waals surface area contributed by atoms with Gasteiger partial charge in [-0.05, 0) is 31.2 Å². The van der Waals surface area contributed by atoms with Gasteiger partial charge in [0.15, 0.2) is 6.10 Å². The Kier molecular flexibility index (Phi) is 4.38. The first-order valence-electron chi connectivity index (χ1n) is 4.85. The lowest BCUT2D eigenvalue weighted by atomic mass is 10.3. The number of rotatable bonds is 4. The molecule has 8 heteroatoms. The maximum Gasteiger partial charge on any atom is 0.573 e. The summed E-state index contributed by atoms with van der Waals surface area (Å²) in [6, 6.07) is 4.66. The summed E-state index contributed by atoms with van der Waals surface area (Å²) in [4.78, 5) is 11.0. The molecule has 0 saturated heterocycles. The molecule has 1 unspecified atom stereocenters. The molecule has 100 valence electrons. The molecule has 0 aromatic heterocycles. The van der Waals surface area contributed by atoms with Crippen LogP contribution >= 0.6 is 0 Å². The third-order valence-corrected chi connectivity index (χ3v) is 1.88. The standard InChI is InChI=1S/C10H11F3N2O3/c1-6(9(16)15-14)17-7-2-4-8(5-3-7)18-10(11,12)13/h2-6H,14H2,1H3,(H,15,16). The molecule has 0 spiro atoms. The van der Waals surface area contributed by atoms with Gasteiger partial charge in [-0.2, -0.15) is 0 Å². The number of hydrogen-bond acceptors (Lipinski definition) is 4. The van der Waals surface area contributed by atoms with E-state index < -0.39 is 18.4 Å². The minimum Gasteiger partial charge on any atom is -0.481 e. The highest BCUT2D eigenvalue weighted by atomic mass is 19.4. The number of nitrogens with one attached hydrogen (secondary N) is 1. The quantitative estimate of drug-likeness (QED) is 0.489. The fraction of sp³-hybridized carbons (Fsp3) is 0.300. The van der Waals surface area contributed by atoms with E-state index >= 15 is 0 Å². The van der Waals surface area contributed by atoms with E-state index in [4.69, 9.17) is 10.6 Å². The molecule has 0 saturated carbocycles. The van der Waals surface area contributed by atoms with Crippen molar-refractivity contribution in [3.63, 3.8) is 0 Å². The molecule has 18 heavy (non-hydrogen) atoms. The van der Waals surface area contributed by atoms with E-state index in [0.717, 1.165) is 12.1 Å². The molecular formula is C10H11F3N2O3. The van der Waals surface area contributed by atoms with Gasteiger partial charge in [-0.25, -0.2) is 5.84 Å². The minimum absolute atomic E-state index is 0.223. The Morgan fingerprint density at radius 3 is 2.22 bits per heavy atom. The molecule has 1 aromatic carbocycles. The largest absolute Gasteiger partial charge is 0.573 e. The van der Waals surface area contributed by atoms with E-state index in [9.17, 15) is 18.0 Å². The van der Waals surface area contributed by atoms with Gasteiger partial charge in [0, 0.05) is 0 Å². The predicted octanol–water partition coefficient (Wildman–Crippen LogP) is 1.34. The second-order valence-electron chi connectivity index (χ2n) is 3.29. The number of carbonyl (C=O) groups is 1. The van der Waals surface area contributed by atoms with E-state index in [1.807, 2.05) is 5.43 Å². The molecule has 0 bridgehead atoms.